The first-order valence-corrected chi connectivity index (χ1v) is 16.7. The third-order valence-electron chi connectivity index (χ3n) is 6.86. The molecule has 1 aliphatic heterocycles. The predicted molar refractivity (Wildman–Crippen MR) is 150 cm³/mol. The van der Waals surface area contributed by atoms with Crippen LogP contribution in [-0.2, 0) is 16.4 Å². The number of aryl methyl sites for hydroxylation is 1. The molecule has 1 aliphatic rings. The topological polar surface area (TPSA) is 63.6 Å². The number of fused-ring (bicyclic) bond motifs is 1. The molecule has 0 spiro atoms. The van der Waals surface area contributed by atoms with E-state index in [2.05, 4.69) is 29.1 Å². The number of halogens is 3. The number of nitrogens with one attached hydrogen (secondary N) is 1. The van der Waals surface area contributed by atoms with Gasteiger partial charge in [0.05, 0.1) is 0 Å². The summed E-state index contributed by atoms with van der Waals surface area (Å²) in [6, 6.07) is 10.5. The van der Waals surface area contributed by atoms with Crippen LogP contribution in [0, 0.1) is 18.8 Å². The van der Waals surface area contributed by atoms with E-state index < -0.39 is 38.3 Å². The van der Waals surface area contributed by atoms with Gasteiger partial charge in [0.15, 0.2) is 0 Å². The Kier molecular flexibility index (Phi) is 8.94. The Hall–Kier alpha value is -2.60. The van der Waals surface area contributed by atoms with Gasteiger partial charge < -0.3 is 0 Å². The average molecular weight is 623 g/mol. The van der Waals surface area contributed by atoms with Gasteiger partial charge in [0.25, 0.3) is 0 Å². The van der Waals surface area contributed by atoms with Gasteiger partial charge in [0.1, 0.15) is 0 Å². The summed E-state index contributed by atoms with van der Waals surface area (Å²) >= 11 is -0.516. The molecule has 2 aromatic carbocycles. The summed E-state index contributed by atoms with van der Waals surface area (Å²) in [6.45, 7) is 2.67. The van der Waals surface area contributed by atoms with Gasteiger partial charge in [0, 0.05) is 0 Å². The quantitative estimate of drug-likeness (QED) is 0.316. The van der Waals surface area contributed by atoms with Crippen LogP contribution in [0.1, 0.15) is 24.1 Å². The van der Waals surface area contributed by atoms with Gasteiger partial charge in [-0.1, -0.05) is 0 Å². The molecule has 1 fully saturated rings. The van der Waals surface area contributed by atoms with Gasteiger partial charge in [-0.3, -0.25) is 0 Å². The zero-order chi connectivity index (χ0) is 28.4. The van der Waals surface area contributed by atoms with Crippen molar-refractivity contribution in [3.63, 3.8) is 0 Å². The number of likely N-dealkylation sites (tertiary alicyclic amines) is 1. The summed E-state index contributed by atoms with van der Waals surface area (Å²) in [5, 5.41) is 4.82. The maximum atomic E-state index is 13.6. The molecule has 0 atom stereocenters. The standard InChI is InChI=1S/C28H32AsF3N3O3S/c1-19-24(9-6-14-29-22-11-10-21(39(4,36)37)17-26(22)38-3)35(18-28(30,31)32)25-8-5-7-23(27(19)25)33-20-12-15-34(2)16-13-20/h5,7-8,10-11,17,20,33H,12-16,18H2,1-4H3. The molecule has 2 heterocycles. The van der Waals surface area contributed by atoms with Crippen molar-refractivity contribution >= 4 is 46.5 Å². The summed E-state index contributed by atoms with van der Waals surface area (Å²) in [7, 11) is 0.203. The van der Waals surface area contributed by atoms with Gasteiger partial charge in [0.2, 0.25) is 0 Å². The number of sulfone groups is 1. The first kappa shape index (κ1) is 29.4. The van der Waals surface area contributed by atoms with E-state index in [1.165, 1.54) is 17.7 Å². The molecule has 6 nitrogen and oxygen atoms in total. The Morgan fingerprint density at radius 3 is 2.54 bits per heavy atom. The third-order valence-corrected chi connectivity index (χ3v) is 10.1. The predicted octanol–water partition coefficient (Wildman–Crippen LogP) is 4.23. The van der Waals surface area contributed by atoms with Gasteiger partial charge in [-0.2, -0.15) is 0 Å². The number of benzene rings is 2. The number of hydrogen-bond donors (Lipinski definition) is 1. The van der Waals surface area contributed by atoms with Crippen LogP contribution in [0.15, 0.2) is 41.3 Å². The van der Waals surface area contributed by atoms with Crippen LogP contribution in [0.2, 0.25) is 5.21 Å². The van der Waals surface area contributed by atoms with Crippen LogP contribution < -0.4 is 14.4 Å². The number of alkyl halides is 3. The number of hydrogen-bond acceptors (Lipinski definition) is 5. The molecule has 11 heteroatoms. The Balaban J connectivity index is 1.64. The van der Waals surface area contributed by atoms with E-state index >= 15 is 0 Å². The van der Waals surface area contributed by atoms with E-state index in [0.29, 0.717) is 22.2 Å². The van der Waals surface area contributed by atoms with Crippen molar-refractivity contribution in [3.8, 4) is 17.6 Å². The zero-order valence-electron chi connectivity index (χ0n) is 22.4. The number of aromatic nitrogens is 1. The summed E-state index contributed by atoms with van der Waals surface area (Å²) in [6.07, 6.45) is -1.32. The van der Waals surface area contributed by atoms with Crippen LogP contribution >= 0.6 is 0 Å². The Bertz CT molecular complexity index is 1520. The zero-order valence-corrected chi connectivity index (χ0v) is 25.1. The number of piperidine rings is 1. The van der Waals surface area contributed by atoms with Crippen molar-refractivity contribution < 1.29 is 26.3 Å². The van der Waals surface area contributed by atoms with Gasteiger partial charge in [-0.05, 0) is 7.05 Å². The number of nitrogens with zero attached hydrogens (tertiary/aromatic N) is 2. The Morgan fingerprint density at radius 2 is 1.90 bits per heavy atom. The maximum absolute atomic E-state index is 13.6. The summed E-state index contributed by atoms with van der Waals surface area (Å²) in [4.78, 5) is 2.45. The van der Waals surface area contributed by atoms with Crippen molar-refractivity contribution in [2.24, 2.45) is 0 Å². The average Bonchev–Trinajstić information content (AvgIpc) is 3.12. The molecule has 0 unspecified atom stereocenters. The van der Waals surface area contributed by atoms with E-state index in [1.807, 2.05) is 13.0 Å². The number of ether oxygens (including phenoxy) is 1. The molecular formula is C28H32AsF3N3O3S. The fourth-order valence-electron chi connectivity index (χ4n) is 4.87. The van der Waals surface area contributed by atoms with E-state index in [9.17, 15) is 21.6 Å². The molecule has 0 aliphatic carbocycles. The van der Waals surface area contributed by atoms with Crippen LogP contribution in [-0.4, -0.2) is 79.4 Å². The molecule has 1 aromatic heterocycles. The molecular weight excluding hydrogens is 590 g/mol. The molecule has 0 amide bonds. The van der Waals surface area contributed by atoms with Gasteiger partial charge >= 0.3 is 228 Å². The monoisotopic (exact) mass is 622 g/mol. The van der Waals surface area contributed by atoms with E-state index in [4.69, 9.17) is 4.74 Å². The molecule has 0 bridgehead atoms. The molecule has 4 rings (SSSR count). The SMILES string of the molecule is COc1cc(S(C)(=O)=O)ccc1[As]CC#Cc1c(C)c2c(NC3CCN(C)CC3)cccc2n1CC(F)(F)F. The minimum absolute atomic E-state index is 0.173. The van der Waals surface area contributed by atoms with Crippen molar-refractivity contribution in [3.05, 3.63) is 47.7 Å². The number of anilines is 1. The third kappa shape index (κ3) is 7.13. The first-order valence-electron chi connectivity index (χ1n) is 12.6. The Morgan fingerprint density at radius 1 is 1.18 bits per heavy atom. The molecule has 209 valence electrons. The van der Waals surface area contributed by atoms with E-state index in [0.717, 1.165) is 53.2 Å². The molecule has 1 radical (unpaired) electrons. The normalized spacial score (nSPS) is 15.6. The summed E-state index contributed by atoms with van der Waals surface area (Å²) in [5.41, 5.74) is 2.44. The summed E-state index contributed by atoms with van der Waals surface area (Å²) < 4.78 is 72.1. The van der Waals surface area contributed by atoms with Gasteiger partial charge in [-0.25, -0.2) is 0 Å². The van der Waals surface area contributed by atoms with Crippen LogP contribution in [0.3, 0.4) is 0 Å². The van der Waals surface area contributed by atoms with Crippen LogP contribution in [0.4, 0.5) is 18.9 Å². The van der Waals surface area contributed by atoms with Crippen molar-refractivity contribution in [1.29, 1.82) is 0 Å². The second-order valence-electron chi connectivity index (χ2n) is 9.82. The minimum atomic E-state index is -4.40. The molecule has 0 saturated carbocycles. The number of rotatable bonds is 7. The van der Waals surface area contributed by atoms with E-state index in [1.54, 1.807) is 24.3 Å². The fraction of sp³-hybridized carbons (Fsp3) is 0.429. The number of methoxy groups -OCH3 is 1. The molecule has 3 aromatic rings. The molecule has 39 heavy (non-hydrogen) atoms. The Labute approximate surface area is 234 Å². The molecule has 1 saturated heterocycles. The van der Waals surface area contributed by atoms with Crippen molar-refractivity contribution in [2.75, 3.05) is 38.8 Å². The fourth-order valence-corrected chi connectivity index (χ4v) is 7.22. The second kappa shape index (κ2) is 11.9. The van der Waals surface area contributed by atoms with Crippen molar-refractivity contribution in [1.82, 2.24) is 9.47 Å². The molecule has 1 N–H and O–H groups in total. The van der Waals surface area contributed by atoms with Gasteiger partial charge in [-0.15, -0.1) is 0 Å². The van der Waals surface area contributed by atoms with E-state index in [-0.39, 0.29) is 10.9 Å². The van der Waals surface area contributed by atoms with Crippen molar-refractivity contribution in [2.45, 2.75) is 48.6 Å². The van der Waals surface area contributed by atoms with Crippen LogP contribution in [0.25, 0.3) is 10.9 Å². The second-order valence-corrected chi connectivity index (χ2v) is 14.2. The first-order chi connectivity index (χ1) is 18.4. The van der Waals surface area contributed by atoms with Crippen LogP contribution in [0.5, 0.6) is 5.75 Å². The summed E-state index contributed by atoms with van der Waals surface area (Å²) in [5.74, 6) is 6.60.